The normalized spacial score (nSPS) is 10.2. The van der Waals surface area contributed by atoms with Crippen LogP contribution < -0.4 is 16.0 Å². The molecule has 0 aliphatic rings. The van der Waals surface area contributed by atoms with Crippen LogP contribution in [-0.4, -0.2) is 36.0 Å². The number of carbonyl (C=O) groups is 1. The van der Waals surface area contributed by atoms with Crippen molar-refractivity contribution in [3.05, 3.63) is 11.9 Å². The number of unbranched alkanes of at least 4 members (excludes halogenated alkanes) is 1. The van der Waals surface area contributed by atoms with Crippen LogP contribution in [0.3, 0.4) is 0 Å². The van der Waals surface area contributed by atoms with Crippen molar-refractivity contribution in [2.24, 2.45) is 5.73 Å². The first kappa shape index (κ1) is 14.2. The van der Waals surface area contributed by atoms with Gasteiger partial charge in [-0.2, -0.15) is 0 Å². The largest absolute Gasteiger partial charge is 0.373 e. The number of nitrogens with one attached hydrogen (secondary N) is 1. The average Bonchev–Trinajstić information content (AvgIpc) is 2.33. The molecule has 3 N–H and O–H groups in total. The highest BCUT2D eigenvalue weighted by Gasteiger charge is 2.12. The summed E-state index contributed by atoms with van der Waals surface area (Å²) < 4.78 is 0. The zero-order valence-corrected chi connectivity index (χ0v) is 11.2. The summed E-state index contributed by atoms with van der Waals surface area (Å²) in [7, 11) is 1.80. The van der Waals surface area contributed by atoms with E-state index >= 15 is 0 Å². The third-order valence-electron chi connectivity index (χ3n) is 2.53. The summed E-state index contributed by atoms with van der Waals surface area (Å²) >= 11 is 0. The first-order valence-electron chi connectivity index (χ1n) is 6.13. The summed E-state index contributed by atoms with van der Waals surface area (Å²) in [5.74, 6) is 1.79. The van der Waals surface area contributed by atoms with Crippen molar-refractivity contribution >= 4 is 17.5 Å². The van der Waals surface area contributed by atoms with E-state index in [1.807, 2.05) is 17.9 Å². The Balaban J connectivity index is 2.95. The fraction of sp³-hybridized carbons (Fsp3) is 0.583. The van der Waals surface area contributed by atoms with E-state index in [4.69, 9.17) is 5.73 Å². The zero-order valence-electron chi connectivity index (χ0n) is 11.2. The van der Waals surface area contributed by atoms with E-state index < -0.39 is 0 Å². The molecule has 0 unspecified atom stereocenters. The molecule has 6 heteroatoms. The van der Waals surface area contributed by atoms with Crippen LogP contribution in [-0.2, 0) is 4.79 Å². The molecule has 1 rings (SSSR count). The summed E-state index contributed by atoms with van der Waals surface area (Å²) in [6, 6.07) is 1.82. The first-order chi connectivity index (χ1) is 8.56. The Morgan fingerprint density at radius 1 is 1.50 bits per heavy atom. The topological polar surface area (TPSA) is 84.1 Å². The summed E-state index contributed by atoms with van der Waals surface area (Å²) in [6.07, 6.45) is 2.05. The second-order valence-corrected chi connectivity index (χ2v) is 4.15. The van der Waals surface area contributed by atoms with Crippen LogP contribution in [0.15, 0.2) is 6.07 Å². The number of amides is 1. The number of nitrogens with zero attached hydrogens (tertiary/aromatic N) is 3. The number of rotatable bonds is 7. The minimum Gasteiger partial charge on any atom is -0.373 e. The molecule has 6 nitrogen and oxygen atoms in total. The van der Waals surface area contributed by atoms with Crippen LogP contribution in [0.2, 0.25) is 0 Å². The van der Waals surface area contributed by atoms with Crippen molar-refractivity contribution in [2.75, 3.05) is 30.4 Å². The SMILES string of the molecule is CCCCN(CC(N)=O)c1cc(NC)nc(C)n1. The Labute approximate surface area is 108 Å². The van der Waals surface area contributed by atoms with E-state index in [-0.39, 0.29) is 12.5 Å². The van der Waals surface area contributed by atoms with Gasteiger partial charge in [0.2, 0.25) is 5.91 Å². The molecule has 100 valence electrons. The van der Waals surface area contributed by atoms with E-state index in [0.29, 0.717) is 5.82 Å². The lowest BCUT2D eigenvalue weighted by molar-refractivity contribution is -0.116. The smallest absolute Gasteiger partial charge is 0.236 e. The fourth-order valence-electron chi connectivity index (χ4n) is 1.65. The summed E-state index contributed by atoms with van der Waals surface area (Å²) in [5.41, 5.74) is 5.27. The predicted molar refractivity (Wildman–Crippen MR) is 72.6 cm³/mol. The highest BCUT2D eigenvalue weighted by molar-refractivity contribution is 5.79. The van der Waals surface area contributed by atoms with Gasteiger partial charge in [-0.3, -0.25) is 4.79 Å². The van der Waals surface area contributed by atoms with Gasteiger partial charge in [-0.15, -0.1) is 0 Å². The highest BCUT2D eigenvalue weighted by atomic mass is 16.1. The number of aromatic nitrogens is 2. The maximum atomic E-state index is 11.1. The van der Waals surface area contributed by atoms with Crippen LogP contribution in [0.5, 0.6) is 0 Å². The summed E-state index contributed by atoms with van der Waals surface area (Å²) in [6.45, 7) is 4.87. The molecule has 1 aromatic rings. The first-order valence-corrected chi connectivity index (χ1v) is 6.13. The van der Waals surface area contributed by atoms with E-state index in [2.05, 4.69) is 22.2 Å². The summed E-state index contributed by atoms with van der Waals surface area (Å²) in [4.78, 5) is 21.6. The Hall–Kier alpha value is -1.85. The number of aryl methyl sites for hydroxylation is 1. The van der Waals surface area contributed by atoms with Crippen LogP contribution in [0.25, 0.3) is 0 Å². The Morgan fingerprint density at radius 2 is 2.22 bits per heavy atom. The van der Waals surface area contributed by atoms with E-state index in [1.165, 1.54) is 0 Å². The van der Waals surface area contributed by atoms with Crippen molar-refractivity contribution in [1.29, 1.82) is 0 Å². The third-order valence-corrected chi connectivity index (χ3v) is 2.53. The van der Waals surface area contributed by atoms with Gasteiger partial charge in [-0.05, 0) is 13.3 Å². The molecule has 0 atom stereocenters. The van der Waals surface area contributed by atoms with Crippen LogP contribution in [0.1, 0.15) is 25.6 Å². The number of nitrogens with two attached hydrogens (primary N) is 1. The van der Waals surface area contributed by atoms with Gasteiger partial charge in [0, 0.05) is 19.7 Å². The molecule has 0 aliphatic carbocycles. The van der Waals surface area contributed by atoms with Gasteiger partial charge in [0.25, 0.3) is 0 Å². The van der Waals surface area contributed by atoms with Gasteiger partial charge in [0.1, 0.15) is 17.5 Å². The van der Waals surface area contributed by atoms with Gasteiger partial charge in [-0.1, -0.05) is 13.3 Å². The lowest BCUT2D eigenvalue weighted by Gasteiger charge is -2.22. The minimum absolute atomic E-state index is 0.180. The van der Waals surface area contributed by atoms with Crippen molar-refractivity contribution in [1.82, 2.24) is 9.97 Å². The molecule has 1 heterocycles. The van der Waals surface area contributed by atoms with E-state index in [1.54, 1.807) is 7.05 Å². The van der Waals surface area contributed by atoms with Crippen molar-refractivity contribution in [3.8, 4) is 0 Å². The van der Waals surface area contributed by atoms with Gasteiger partial charge in [0.05, 0.1) is 6.54 Å². The molecule has 1 aromatic heterocycles. The van der Waals surface area contributed by atoms with Crippen LogP contribution in [0, 0.1) is 6.92 Å². The molecule has 0 radical (unpaired) electrons. The maximum absolute atomic E-state index is 11.1. The maximum Gasteiger partial charge on any atom is 0.236 e. The molecule has 0 fully saturated rings. The second kappa shape index (κ2) is 6.78. The van der Waals surface area contributed by atoms with Crippen molar-refractivity contribution in [2.45, 2.75) is 26.7 Å². The molecule has 0 spiro atoms. The number of carbonyl (C=O) groups excluding carboxylic acids is 1. The highest BCUT2D eigenvalue weighted by Crippen LogP contribution is 2.16. The molecule has 0 bridgehead atoms. The number of hydrogen-bond donors (Lipinski definition) is 2. The quantitative estimate of drug-likeness (QED) is 0.752. The Morgan fingerprint density at radius 3 is 2.78 bits per heavy atom. The van der Waals surface area contributed by atoms with Gasteiger partial charge < -0.3 is 16.0 Å². The molecule has 18 heavy (non-hydrogen) atoms. The molecule has 0 saturated heterocycles. The molecule has 1 amide bonds. The molecule has 0 saturated carbocycles. The van der Waals surface area contributed by atoms with Gasteiger partial charge in [-0.25, -0.2) is 9.97 Å². The molecule has 0 aromatic carbocycles. The van der Waals surface area contributed by atoms with Crippen molar-refractivity contribution < 1.29 is 4.79 Å². The molecular weight excluding hydrogens is 230 g/mol. The van der Waals surface area contributed by atoms with Gasteiger partial charge >= 0.3 is 0 Å². The standard InChI is InChI=1S/C12H21N5O/c1-4-5-6-17(8-10(13)18)12-7-11(14-3)15-9(2)16-12/h7H,4-6,8H2,1-3H3,(H2,13,18)(H,14,15,16). The number of hydrogen-bond acceptors (Lipinski definition) is 5. The number of primary amides is 1. The van der Waals surface area contributed by atoms with Crippen LogP contribution >= 0.6 is 0 Å². The number of anilines is 2. The Bertz CT molecular complexity index is 407. The zero-order chi connectivity index (χ0) is 13.5. The summed E-state index contributed by atoms with van der Waals surface area (Å²) in [5, 5.41) is 2.98. The van der Waals surface area contributed by atoms with Gasteiger partial charge in [0.15, 0.2) is 0 Å². The van der Waals surface area contributed by atoms with E-state index in [9.17, 15) is 4.79 Å². The monoisotopic (exact) mass is 251 g/mol. The molecular formula is C12H21N5O. The van der Waals surface area contributed by atoms with Crippen molar-refractivity contribution in [3.63, 3.8) is 0 Å². The fourth-order valence-corrected chi connectivity index (χ4v) is 1.65. The predicted octanol–water partition coefficient (Wildman–Crippen LogP) is 0.919. The second-order valence-electron chi connectivity index (χ2n) is 4.15. The van der Waals surface area contributed by atoms with E-state index in [0.717, 1.165) is 31.0 Å². The van der Waals surface area contributed by atoms with Crippen LogP contribution in [0.4, 0.5) is 11.6 Å². The Kier molecular flexibility index (Phi) is 5.35. The average molecular weight is 251 g/mol. The minimum atomic E-state index is -0.353. The molecule has 0 aliphatic heterocycles. The lowest BCUT2D eigenvalue weighted by atomic mass is 10.3. The third kappa shape index (κ3) is 4.20. The lowest BCUT2D eigenvalue weighted by Crippen LogP contribution is -2.35.